The van der Waals surface area contributed by atoms with Crippen molar-refractivity contribution in [1.29, 1.82) is 0 Å². The number of carbonyl (C=O) groups is 1. The number of methoxy groups -OCH3 is 2. The minimum atomic E-state index is -0.220. The molecule has 3 aromatic rings. The third kappa shape index (κ3) is 5.60. The van der Waals surface area contributed by atoms with Crippen LogP contribution in [-0.2, 0) is 17.6 Å². The van der Waals surface area contributed by atoms with Crippen LogP contribution in [0.1, 0.15) is 17.5 Å². The molecule has 0 aromatic heterocycles. The smallest absolute Gasteiger partial charge is 0.224 e. The Morgan fingerprint density at radius 2 is 1.60 bits per heavy atom. The average molecular weight is 407 g/mol. The molecule has 4 nitrogen and oxygen atoms in total. The molecule has 0 fully saturated rings. The zero-order valence-corrected chi connectivity index (χ0v) is 17.3. The number of aryl methyl sites for hydroxylation is 1. The largest absolute Gasteiger partial charge is 0.493 e. The first-order chi connectivity index (χ1) is 14.6. The molecular formula is C25H26FNO3. The second kappa shape index (κ2) is 10.4. The fourth-order valence-electron chi connectivity index (χ4n) is 3.31. The number of rotatable bonds is 9. The van der Waals surface area contributed by atoms with Crippen molar-refractivity contribution in [3.8, 4) is 22.6 Å². The van der Waals surface area contributed by atoms with Gasteiger partial charge in [-0.2, -0.15) is 0 Å². The maximum atomic E-state index is 13.9. The van der Waals surface area contributed by atoms with Crippen molar-refractivity contribution in [3.05, 3.63) is 83.7 Å². The summed E-state index contributed by atoms with van der Waals surface area (Å²) in [6.07, 6.45) is 1.96. The molecule has 0 heterocycles. The maximum absolute atomic E-state index is 13.9. The Labute approximate surface area is 176 Å². The third-order valence-corrected chi connectivity index (χ3v) is 4.92. The van der Waals surface area contributed by atoms with Crippen LogP contribution in [0, 0.1) is 5.82 Å². The van der Waals surface area contributed by atoms with Gasteiger partial charge in [0.1, 0.15) is 5.82 Å². The lowest BCUT2D eigenvalue weighted by atomic mass is 10.0. The van der Waals surface area contributed by atoms with Crippen LogP contribution in [-0.4, -0.2) is 26.7 Å². The number of ether oxygens (including phenoxy) is 2. The van der Waals surface area contributed by atoms with Gasteiger partial charge in [-0.05, 0) is 47.7 Å². The van der Waals surface area contributed by atoms with Crippen LogP contribution < -0.4 is 14.8 Å². The van der Waals surface area contributed by atoms with Crippen LogP contribution >= 0.6 is 0 Å². The van der Waals surface area contributed by atoms with Gasteiger partial charge < -0.3 is 14.8 Å². The second-order valence-electron chi connectivity index (χ2n) is 7.00. The van der Waals surface area contributed by atoms with Crippen LogP contribution in [0.15, 0.2) is 66.7 Å². The summed E-state index contributed by atoms with van der Waals surface area (Å²) in [6.45, 7) is 0.598. The van der Waals surface area contributed by atoms with Crippen molar-refractivity contribution < 1.29 is 18.7 Å². The molecule has 0 aliphatic rings. The predicted molar refractivity (Wildman–Crippen MR) is 116 cm³/mol. The van der Waals surface area contributed by atoms with E-state index in [9.17, 15) is 9.18 Å². The highest BCUT2D eigenvalue weighted by Crippen LogP contribution is 2.27. The van der Waals surface area contributed by atoms with E-state index in [1.807, 2.05) is 42.5 Å². The van der Waals surface area contributed by atoms with Gasteiger partial charge in [0.05, 0.1) is 20.6 Å². The van der Waals surface area contributed by atoms with Gasteiger partial charge in [-0.3, -0.25) is 4.79 Å². The van der Waals surface area contributed by atoms with E-state index in [0.717, 1.165) is 29.5 Å². The van der Waals surface area contributed by atoms with Gasteiger partial charge in [0.15, 0.2) is 11.5 Å². The summed E-state index contributed by atoms with van der Waals surface area (Å²) in [5.41, 5.74) is 3.49. The van der Waals surface area contributed by atoms with Crippen molar-refractivity contribution in [1.82, 2.24) is 5.32 Å². The predicted octanol–water partition coefficient (Wildman–Crippen LogP) is 4.80. The molecule has 3 rings (SSSR count). The Kier molecular flexibility index (Phi) is 7.44. The molecule has 5 heteroatoms. The molecule has 0 aliphatic carbocycles. The summed E-state index contributed by atoms with van der Waals surface area (Å²) in [7, 11) is 3.16. The Morgan fingerprint density at radius 1 is 0.900 bits per heavy atom. The van der Waals surface area contributed by atoms with Crippen LogP contribution in [0.5, 0.6) is 11.5 Å². The van der Waals surface area contributed by atoms with Crippen LogP contribution in [0.3, 0.4) is 0 Å². The van der Waals surface area contributed by atoms with E-state index in [1.54, 1.807) is 32.4 Å². The lowest BCUT2D eigenvalue weighted by molar-refractivity contribution is -0.120. The van der Waals surface area contributed by atoms with Crippen LogP contribution in [0.2, 0.25) is 0 Å². The van der Waals surface area contributed by atoms with Gasteiger partial charge in [0.2, 0.25) is 5.91 Å². The summed E-state index contributed by atoms with van der Waals surface area (Å²) in [4.78, 5) is 12.2. The van der Waals surface area contributed by atoms with Gasteiger partial charge in [-0.15, -0.1) is 0 Å². The van der Waals surface area contributed by atoms with E-state index in [1.165, 1.54) is 6.07 Å². The van der Waals surface area contributed by atoms with Crippen molar-refractivity contribution in [3.63, 3.8) is 0 Å². The standard InChI is InChI=1S/C25H26FNO3/c1-29-23-14-11-19(16-24(23)30-2)17-25(28)27-15-5-6-18-9-12-20(13-10-18)21-7-3-4-8-22(21)26/h3-4,7-14,16H,5-6,15,17H2,1-2H3,(H,27,28). The fraction of sp³-hybridized carbons (Fsp3) is 0.240. The molecule has 3 aromatic carbocycles. The van der Waals surface area contributed by atoms with Crippen LogP contribution in [0.4, 0.5) is 4.39 Å². The molecule has 0 unspecified atom stereocenters. The van der Waals surface area contributed by atoms with Crippen LogP contribution in [0.25, 0.3) is 11.1 Å². The molecular weight excluding hydrogens is 381 g/mol. The minimum Gasteiger partial charge on any atom is -0.493 e. The maximum Gasteiger partial charge on any atom is 0.224 e. The summed E-state index contributed by atoms with van der Waals surface area (Å²) in [5.74, 6) is 1.00. The molecule has 1 N–H and O–H groups in total. The third-order valence-electron chi connectivity index (χ3n) is 4.92. The van der Waals surface area contributed by atoms with Gasteiger partial charge in [-0.25, -0.2) is 4.39 Å². The first-order valence-electron chi connectivity index (χ1n) is 9.92. The molecule has 0 atom stereocenters. The van der Waals surface area contributed by atoms with Crippen molar-refractivity contribution in [2.75, 3.05) is 20.8 Å². The Bertz CT molecular complexity index is 986. The molecule has 0 spiro atoms. The summed E-state index contributed by atoms with van der Waals surface area (Å²) >= 11 is 0. The highest BCUT2D eigenvalue weighted by atomic mass is 19.1. The monoisotopic (exact) mass is 407 g/mol. The van der Waals surface area contributed by atoms with Crippen molar-refractivity contribution in [2.24, 2.45) is 0 Å². The highest BCUT2D eigenvalue weighted by molar-refractivity contribution is 5.78. The van der Waals surface area contributed by atoms with Gasteiger partial charge in [0.25, 0.3) is 0 Å². The molecule has 0 aliphatic heterocycles. The Balaban J connectivity index is 1.45. The topological polar surface area (TPSA) is 47.6 Å². The Hall–Kier alpha value is -3.34. The van der Waals surface area contributed by atoms with Gasteiger partial charge >= 0.3 is 0 Å². The average Bonchev–Trinajstić information content (AvgIpc) is 2.77. The lowest BCUT2D eigenvalue weighted by Gasteiger charge is -2.10. The number of carbonyl (C=O) groups excluding carboxylic acids is 1. The van der Waals surface area contributed by atoms with Crippen molar-refractivity contribution >= 4 is 5.91 Å². The molecule has 0 bridgehead atoms. The number of hydrogen-bond acceptors (Lipinski definition) is 3. The highest BCUT2D eigenvalue weighted by Gasteiger charge is 2.08. The van der Waals surface area contributed by atoms with Crippen molar-refractivity contribution in [2.45, 2.75) is 19.3 Å². The number of amides is 1. The molecule has 1 amide bonds. The second-order valence-corrected chi connectivity index (χ2v) is 7.00. The quantitative estimate of drug-likeness (QED) is 0.518. The van der Waals surface area contributed by atoms with E-state index in [4.69, 9.17) is 9.47 Å². The number of nitrogens with one attached hydrogen (secondary N) is 1. The van der Waals surface area contributed by atoms with Gasteiger partial charge in [-0.1, -0.05) is 48.5 Å². The molecule has 0 saturated heterocycles. The zero-order valence-electron chi connectivity index (χ0n) is 17.3. The summed E-state index contributed by atoms with van der Waals surface area (Å²) in [6, 6.07) is 20.1. The van der Waals surface area contributed by atoms with E-state index in [2.05, 4.69) is 5.32 Å². The number of halogens is 1. The van der Waals surface area contributed by atoms with E-state index < -0.39 is 0 Å². The number of benzene rings is 3. The Morgan fingerprint density at radius 3 is 2.30 bits per heavy atom. The fourth-order valence-corrected chi connectivity index (χ4v) is 3.31. The molecule has 30 heavy (non-hydrogen) atoms. The SMILES string of the molecule is COc1ccc(CC(=O)NCCCc2ccc(-c3ccccc3F)cc2)cc1OC. The van der Waals surface area contributed by atoms with E-state index in [-0.39, 0.29) is 18.1 Å². The first-order valence-corrected chi connectivity index (χ1v) is 9.92. The molecule has 156 valence electrons. The zero-order chi connectivity index (χ0) is 21.3. The minimum absolute atomic E-state index is 0.0304. The van der Waals surface area contributed by atoms with Gasteiger partial charge in [0, 0.05) is 12.1 Å². The molecule has 0 radical (unpaired) electrons. The van der Waals surface area contributed by atoms with E-state index >= 15 is 0 Å². The lowest BCUT2D eigenvalue weighted by Crippen LogP contribution is -2.26. The normalized spacial score (nSPS) is 10.5. The van der Waals surface area contributed by atoms with E-state index in [0.29, 0.717) is 23.6 Å². The molecule has 0 saturated carbocycles. The summed E-state index contributed by atoms with van der Waals surface area (Å²) in [5, 5.41) is 2.95. The summed E-state index contributed by atoms with van der Waals surface area (Å²) < 4.78 is 24.4. The first kappa shape index (κ1) is 21.4. The number of hydrogen-bond donors (Lipinski definition) is 1.